The van der Waals surface area contributed by atoms with E-state index in [0.29, 0.717) is 29.2 Å². The van der Waals surface area contributed by atoms with Gasteiger partial charge >= 0.3 is 0 Å². The number of carbonyl (C=O) groups excluding carboxylic acids is 2. The van der Waals surface area contributed by atoms with Gasteiger partial charge in [-0.25, -0.2) is 0 Å². The number of ketones is 1. The van der Waals surface area contributed by atoms with Crippen molar-refractivity contribution < 1.29 is 14.3 Å². The summed E-state index contributed by atoms with van der Waals surface area (Å²) in [6.45, 7) is 4.24. The van der Waals surface area contributed by atoms with Crippen molar-refractivity contribution >= 4 is 23.1 Å². The van der Waals surface area contributed by atoms with Crippen LogP contribution in [-0.2, 0) is 4.79 Å². The summed E-state index contributed by atoms with van der Waals surface area (Å²) < 4.78 is 5.46. The van der Waals surface area contributed by atoms with Crippen LogP contribution in [0.3, 0.4) is 0 Å². The van der Waals surface area contributed by atoms with Crippen molar-refractivity contribution in [2.75, 3.05) is 18.5 Å². The average Bonchev–Trinajstić information content (AvgIpc) is 3.26. The molecule has 0 aliphatic carbocycles. The Morgan fingerprint density at radius 3 is 2.66 bits per heavy atom. The minimum Gasteiger partial charge on any atom is -0.494 e. The first-order valence-corrected chi connectivity index (χ1v) is 9.35. The van der Waals surface area contributed by atoms with Crippen molar-refractivity contribution in [3.63, 3.8) is 0 Å². The fraction of sp³-hybridized carbons (Fsp3) is 0.182. The number of fused-ring (bicyclic) bond motifs is 1. The number of anilines is 1. The largest absolute Gasteiger partial charge is 0.494 e. The van der Waals surface area contributed by atoms with Gasteiger partial charge in [0.15, 0.2) is 0 Å². The van der Waals surface area contributed by atoms with Gasteiger partial charge in [0.1, 0.15) is 23.7 Å². The fourth-order valence-corrected chi connectivity index (χ4v) is 3.32. The van der Waals surface area contributed by atoms with Crippen molar-refractivity contribution in [2.24, 2.45) is 4.99 Å². The second-order valence-electron chi connectivity index (χ2n) is 6.62. The Morgan fingerprint density at radius 1 is 1.14 bits per heavy atom. The zero-order valence-corrected chi connectivity index (χ0v) is 16.2. The van der Waals surface area contributed by atoms with Gasteiger partial charge in [-0.1, -0.05) is 18.2 Å². The highest BCUT2D eigenvalue weighted by Gasteiger charge is 2.25. The second kappa shape index (κ2) is 7.71. The van der Waals surface area contributed by atoms with Crippen molar-refractivity contribution in [1.82, 2.24) is 10.2 Å². The number of aromatic nitrogens is 2. The van der Waals surface area contributed by atoms with Gasteiger partial charge in [0, 0.05) is 16.7 Å². The van der Waals surface area contributed by atoms with Gasteiger partial charge in [0.25, 0.3) is 5.91 Å². The molecule has 0 radical (unpaired) electrons. The Balaban J connectivity index is 1.54. The monoisotopic (exact) mass is 388 g/mol. The number of amides is 1. The predicted octanol–water partition coefficient (Wildman–Crippen LogP) is 3.41. The first-order chi connectivity index (χ1) is 14.1. The van der Waals surface area contributed by atoms with E-state index >= 15 is 0 Å². The predicted molar refractivity (Wildman–Crippen MR) is 111 cm³/mol. The smallest absolute Gasteiger partial charge is 0.274 e. The van der Waals surface area contributed by atoms with Crippen LogP contribution < -0.4 is 10.1 Å². The Bertz CT molecular complexity index is 1110. The van der Waals surface area contributed by atoms with Crippen LogP contribution >= 0.6 is 0 Å². The summed E-state index contributed by atoms with van der Waals surface area (Å²) in [6, 6.07) is 14.8. The third-order valence-electron chi connectivity index (χ3n) is 4.75. The van der Waals surface area contributed by atoms with Crippen LogP contribution in [0.1, 0.15) is 28.5 Å². The molecule has 2 aromatic carbocycles. The lowest BCUT2D eigenvalue weighted by Gasteiger charge is -2.04. The SMILES string of the molecule is CCOc1ccc(-c2n[nH]c(C(=O)CN=C3C(=O)Nc4ccccc43)c2C)cc1. The normalized spacial score (nSPS) is 14.0. The van der Waals surface area contributed by atoms with E-state index in [1.165, 1.54) is 0 Å². The summed E-state index contributed by atoms with van der Waals surface area (Å²) in [7, 11) is 0. The molecule has 0 saturated heterocycles. The first kappa shape index (κ1) is 18.6. The molecule has 1 aliphatic heterocycles. The van der Waals surface area contributed by atoms with E-state index in [-0.39, 0.29) is 23.9 Å². The molecule has 2 N–H and O–H groups in total. The van der Waals surface area contributed by atoms with Crippen LogP contribution in [0.25, 0.3) is 11.3 Å². The highest BCUT2D eigenvalue weighted by molar-refractivity contribution is 6.53. The van der Waals surface area contributed by atoms with Gasteiger partial charge < -0.3 is 10.1 Å². The van der Waals surface area contributed by atoms with E-state index in [2.05, 4.69) is 20.5 Å². The maximum atomic E-state index is 12.7. The summed E-state index contributed by atoms with van der Waals surface area (Å²) in [6.07, 6.45) is 0. The zero-order valence-electron chi connectivity index (χ0n) is 16.2. The molecule has 1 amide bonds. The summed E-state index contributed by atoms with van der Waals surface area (Å²) in [5, 5.41) is 9.87. The number of rotatable bonds is 6. The minimum absolute atomic E-state index is 0.136. The summed E-state index contributed by atoms with van der Waals surface area (Å²) in [4.78, 5) is 29.1. The lowest BCUT2D eigenvalue weighted by Crippen LogP contribution is -2.17. The molecular formula is C22H20N4O3. The topological polar surface area (TPSA) is 96.4 Å². The molecule has 7 nitrogen and oxygen atoms in total. The standard InChI is InChI=1S/C22H20N4O3/c1-3-29-15-10-8-14(9-11-15)19-13(2)20(26-25-19)18(27)12-23-21-16-6-4-5-7-17(16)24-22(21)28/h4-11H,3,12H2,1-2H3,(H,25,26)(H,23,24,28). The summed E-state index contributed by atoms with van der Waals surface area (Å²) in [5.41, 5.74) is 4.42. The van der Waals surface area contributed by atoms with Crippen molar-refractivity contribution in [3.8, 4) is 17.0 Å². The second-order valence-corrected chi connectivity index (χ2v) is 6.62. The number of para-hydroxylation sites is 1. The van der Waals surface area contributed by atoms with Crippen molar-refractivity contribution in [2.45, 2.75) is 13.8 Å². The number of aliphatic imine (C=N–C) groups is 1. The Hall–Kier alpha value is -3.74. The summed E-state index contributed by atoms with van der Waals surface area (Å²) in [5.74, 6) is 0.263. The minimum atomic E-state index is -0.296. The van der Waals surface area contributed by atoms with E-state index in [1.54, 1.807) is 6.07 Å². The van der Waals surface area contributed by atoms with Gasteiger partial charge in [0.05, 0.1) is 18.0 Å². The zero-order chi connectivity index (χ0) is 20.4. The van der Waals surface area contributed by atoms with Gasteiger partial charge in [-0.15, -0.1) is 0 Å². The highest BCUT2D eigenvalue weighted by atomic mass is 16.5. The molecule has 1 aliphatic rings. The molecule has 0 spiro atoms. The molecule has 0 bridgehead atoms. The van der Waals surface area contributed by atoms with E-state index < -0.39 is 0 Å². The van der Waals surface area contributed by atoms with Crippen LogP contribution in [0.5, 0.6) is 5.75 Å². The molecule has 3 aromatic rings. The number of hydrogen-bond acceptors (Lipinski definition) is 5. The van der Waals surface area contributed by atoms with Gasteiger partial charge in [-0.05, 0) is 44.2 Å². The lowest BCUT2D eigenvalue weighted by atomic mass is 10.1. The Morgan fingerprint density at radius 2 is 1.90 bits per heavy atom. The van der Waals surface area contributed by atoms with Crippen molar-refractivity contribution in [1.29, 1.82) is 0 Å². The number of hydrogen-bond donors (Lipinski definition) is 2. The molecular weight excluding hydrogens is 368 g/mol. The fourth-order valence-electron chi connectivity index (χ4n) is 3.32. The molecule has 0 atom stereocenters. The van der Waals surface area contributed by atoms with Crippen LogP contribution in [0.2, 0.25) is 0 Å². The molecule has 4 rings (SSSR count). The number of Topliss-reactive ketones (excluding diaryl/α,β-unsaturated/α-hetero) is 1. The maximum Gasteiger partial charge on any atom is 0.274 e. The number of carbonyl (C=O) groups is 2. The molecule has 7 heteroatoms. The molecule has 29 heavy (non-hydrogen) atoms. The number of aromatic amines is 1. The first-order valence-electron chi connectivity index (χ1n) is 9.35. The van der Waals surface area contributed by atoms with Gasteiger partial charge in [-0.3, -0.25) is 19.7 Å². The summed E-state index contributed by atoms with van der Waals surface area (Å²) >= 11 is 0. The number of H-pyrrole nitrogens is 1. The molecule has 1 aromatic heterocycles. The number of nitrogens with one attached hydrogen (secondary N) is 2. The highest BCUT2D eigenvalue weighted by Crippen LogP contribution is 2.26. The Kier molecular flexibility index (Phi) is 4.95. The van der Waals surface area contributed by atoms with Crippen LogP contribution in [0.15, 0.2) is 53.5 Å². The maximum absolute atomic E-state index is 12.7. The third kappa shape index (κ3) is 3.54. The van der Waals surface area contributed by atoms with Crippen LogP contribution in [0.4, 0.5) is 5.69 Å². The quantitative estimate of drug-likeness (QED) is 0.633. The van der Waals surface area contributed by atoms with Gasteiger partial charge in [0.2, 0.25) is 5.78 Å². The van der Waals surface area contributed by atoms with E-state index in [1.807, 2.05) is 56.3 Å². The van der Waals surface area contributed by atoms with Gasteiger partial charge in [-0.2, -0.15) is 5.10 Å². The molecule has 0 unspecified atom stereocenters. The van der Waals surface area contributed by atoms with E-state index in [0.717, 1.165) is 16.9 Å². The van der Waals surface area contributed by atoms with E-state index in [4.69, 9.17) is 4.74 Å². The van der Waals surface area contributed by atoms with Crippen LogP contribution in [0, 0.1) is 6.92 Å². The molecule has 0 saturated carbocycles. The molecule has 2 heterocycles. The van der Waals surface area contributed by atoms with E-state index in [9.17, 15) is 9.59 Å². The molecule has 0 fully saturated rings. The lowest BCUT2D eigenvalue weighted by molar-refractivity contribution is -0.110. The van der Waals surface area contributed by atoms with Crippen LogP contribution in [-0.4, -0.2) is 40.8 Å². The number of benzene rings is 2. The number of ether oxygens (including phenoxy) is 1. The third-order valence-corrected chi connectivity index (χ3v) is 4.75. The average molecular weight is 388 g/mol. The van der Waals surface area contributed by atoms with Crippen molar-refractivity contribution in [3.05, 3.63) is 65.4 Å². The number of nitrogens with zero attached hydrogens (tertiary/aromatic N) is 2. The Labute approximate surface area is 167 Å². The molecule has 146 valence electrons.